The van der Waals surface area contributed by atoms with Crippen molar-refractivity contribution in [1.82, 2.24) is 15.1 Å². The number of nitrogen functional groups attached to an aromatic ring is 1. The Morgan fingerprint density at radius 3 is 2.88 bits per heavy atom. The van der Waals surface area contributed by atoms with Gasteiger partial charge in [0.15, 0.2) is 0 Å². The molecule has 0 saturated heterocycles. The lowest BCUT2D eigenvalue weighted by Crippen LogP contribution is -2.31. The average molecular weight is 226 g/mol. The molecule has 0 aliphatic heterocycles. The van der Waals surface area contributed by atoms with Gasteiger partial charge in [-0.25, -0.2) is 0 Å². The average Bonchev–Trinajstić information content (AvgIpc) is 2.62. The summed E-state index contributed by atoms with van der Waals surface area (Å²) in [5.41, 5.74) is 6.27. The summed E-state index contributed by atoms with van der Waals surface area (Å²) in [7, 11) is 1.70. The number of likely N-dealkylation sites (N-methyl/N-ethyl adjacent to an activating group) is 1. The molecule has 0 aliphatic rings. The van der Waals surface area contributed by atoms with Gasteiger partial charge in [0.05, 0.1) is 24.6 Å². The quantitative estimate of drug-likeness (QED) is 0.765. The summed E-state index contributed by atoms with van der Waals surface area (Å²) in [5.74, 6) is -0.178. The van der Waals surface area contributed by atoms with Crippen LogP contribution in [0.15, 0.2) is 6.20 Å². The molecule has 1 heterocycles. The smallest absolute Gasteiger partial charge is 0.273 e. The van der Waals surface area contributed by atoms with Crippen molar-refractivity contribution in [2.45, 2.75) is 20.0 Å². The van der Waals surface area contributed by atoms with Gasteiger partial charge in [0.1, 0.15) is 5.69 Å². The molecular formula is C10H18N4O2. The molecule has 0 atom stereocenters. The number of H-pyrrole nitrogens is 1. The Bertz CT molecular complexity index is 348. The van der Waals surface area contributed by atoms with Crippen LogP contribution in [0.5, 0.6) is 0 Å². The van der Waals surface area contributed by atoms with Gasteiger partial charge in [-0.1, -0.05) is 0 Å². The number of aromatic nitrogens is 2. The minimum absolute atomic E-state index is 0.167. The maximum Gasteiger partial charge on any atom is 0.273 e. The fraction of sp³-hybridized carbons (Fsp3) is 0.600. The molecule has 1 amide bonds. The van der Waals surface area contributed by atoms with Crippen molar-refractivity contribution in [2.24, 2.45) is 0 Å². The number of carbonyl (C=O) groups is 1. The first kappa shape index (κ1) is 12.5. The van der Waals surface area contributed by atoms with Crippen LogP contribution >= 0.6 is 0 Å². The molecule has 0 unspecified atom stereocenters. The molecule has 0 bridgehead atoms. The highest BCUT2D eigenvalue weighted by atomic mass is 16.5. The minimum atomic E-state index is -0.178. The number of anilines is 1. The Morgan fingerprint density at radius 1 is 1.69 bits per heavy atom. The zero-order chi connectivity index (χ0) is 12.1. The highest BCUT2D eigenvalue weighted by Gasteiger charge is 2.16. The lowest BCUT2D eigenvalue weighted by molar-refractivity contribution is 0.0529. The predicted molar refractivity (Wildman–Crippen MR) is 61.0 cm³/mol. The first-order valence-electron chi connectivity index (χ1n) is 5.18. The number of hydrogen-bond donors (Lipinski definition) is 2. The van der Waals surface area contributed by atoms with Crippen molar-refractivity contribution in [3.63, 3.8) is 0 Å². The molecule has 0 fully saturated rings. The van der Waals surface area contributed by atoms with E-state index in [1.807, 2.05) is 13.8 Å². The molecule has 0 saturated carbocycles. The van der Waals surface area contributed by atoms with Gasteiger partial charge in [0.2, 0.25) is 0 Å². The maximum absolute atomic E-state index is 11.8. The molecule has 0 spiro atoms. The Balaban J connectivity index is 2.46. The van der Waals surface area contributed by atoms with Gasteiger partial charge in [-0.2, -0.15) is 5.10 Å². The third-order valence-electron chi connectivity index (χ3n) is 2.11. The number of nitrogens with zero attached hydrogens (tertiary/aromatic N) is 2. The number of hydrogen-bond acceptors (Lipinski definition) is 4. The summed E-state index contributed by atoms with van der Waals surface area (Å²) in [6.45, 7) is 4.94. The van der Waals surface area contributed by atoms with E-state index in [2.05, 4.69) is 10.2 Å². The van der Waals surface area contributed by atoms with Crippen LogP contribution in [-0.2, 0) is 4.74 Å². The van der Waals surface area contributed by atoms with Crippen LogP contribution in [0.2, 0.25) is 0 Å². The summed E-state index contributed by atoms with van der Waals surface area (Å²) < 4.78 is 5.36. The number of carbonyl (C=O) groups excluding carboxylic acids is 1. The number of nitrogens with two attached hydrogens (primary N) is 1. The Labute approximate surface area is 94.8 Å². The van der Waals surface area contributed by atoms with Crippen molar-refractivity contribution in [1.29, 1.82) is 0 Å². The van der Waals surface area contributed by atoms with Crippen molar-refractivity contribution in [3.05, 3.63) is 11.9 Å². The Hall–Kier alpha value is -1.56. The summed E-state index contributed by atoms with van der Waals surface area (Å²) in [5, 5.41) is 6.28. The van der Waals surface area contributed by atoms with Gasteiger partial charge in [0.25, 0.3) is 5.91 Å². The van der Waals surface area contributed by atoms with E-state index in [9.17, 15) is 4.79 Å². The van der Waals surface area contributed by atoms with Crippen LogP contribution in [-0.4, -0.2) is 47.3 Å². The van der Waals surface area contributed by atoms with E-state index in [0.29, 0.717) is 24.5 Å². The first-order chi connectivity index (χ1) is 7.52. The van der Waals surface area contributed by atoms with Crippen LogP contribution in [0, 0.1) is 0 Å². The first-order valence-corrected chi connectivity index (χ1v) is 5.18. The normalized spacial score (nSPS) is 10.8. The van der Waals surface area contributed by atoms with Gasteiger partial charge in [-0.05, 0) is 13.8 Å². The lowest BCUT2D eigenvalue weighted by Gasteiger charge is -2.17. The molecule has 0 aliphatic carbocycles. The largest absolute Gasteiger partial charge is 0.396 e. The monoisotopic (exact) mass is 226 g/mol. The third kappa shape index (κ3) is 3.23. The van der Waals surface area contributed by atoms with Crippen molar-refractivity contribution in [3.8, 4) is 0 Å². The summed E-state index contributed by atoms with van der Waals surface area (Å²) in [4.78, 5) is 13.4. The molecular weight excluding hydrogens is 208 g/mol. The fourth-order valence-corrected chi connectivity index (χ4v) is 1.18. The second-order valence-electron chi connectivity index (χ2n) is 3.85. The van der Waals surface area contributed by atoms with E-state index in [1.165, 1.54) is 6.20 Å². The number of aromatic amines is 1. The number of ether oxygens (including phenoxy) is 1. The Morgan fingerprint density at radius 2 is 2.38 bits per heavy atom. The zero-order valence-corrected chi connectivity index (χ0v) is 9.86. The van der Waals surface area contributed by atoms with E-state index < -0.39 is 0 Å². The van der Waals surface area contributed by atoms with Crippen LogP contribution in [0.4, 0.5) is 5.69 Å². The summed E-state index contributed by atoms with van der Waals surface area (Å²) in [6.07, 6.45) is 1.59. The zero-order valence-electron chi connectivity index (χ0n) is 9.86. The van der Waals surface area contributed by atoms with Gasteiger partial charge in [-0.3, -0.25) is 9.89 Å². The van der Waals surface area contributed by atoms with Gasteiger partial charge >= 0.3 is 0 Å². The van der Waals surface area contributed by atoms with Crippen molar-refractivity contribution >= 4 is 11.6 Å². The summed E-state index contributed by atoms with van der Waals surface area (Å²) >= 11 is 0. The van der Waals surface area contributed by atoms with E-state index in [4.69, 9.17) is 10.5 Å². The minimum Gasteiger partial charge on any atom is -0.396 e. The van der Waals surface area contributed by atoms with Crippen molar-refractivity contribution < 1.29 is 9.53 Å². The molecule has 16 heavy (non-hydrogen) atoms. The van der Waals surface area contributed by atoms with E-state index in [-0.39, 0.29) is 12.0 Å². The van der Waals surface area contributed by atoms with E-state index >= 15 is 0 Å². The molecule has 1 aromatic heterocycles. The van der Waals surface area contributed by atoms with Crippen LogP contribution < -0.4 is 5.73 Å². The second-order valence-corrected chi connectivity index (χ2v) is 3.85. The molecule has 6 heteroatoms. The third-order valence-corrected chi connectivity index (χ3v) is 2.11. The highest BCUT2D eigenvalue weighted by Crippen LogP contribution is 2.08. The molecule has 6 nitrogen and oxygen atoms in total. The van der Waals surface area contributed by atoms with Crippen molar-refractivity contribution in [2.75, 3.05) is 25.9 Å². The Kier molecular flexibility index (Phi) is 4.30. The van der Waals surface area contributed by atoms with E-state index in [1.54, 1.807) is 11.9 Å². The van der Waals surface area contributed by atoms with Gasteiger partial charge < -0.3 is 15.4 Å². The fourth-order valence-electron chi connectivity index (χ4n) is 1.18. The molecule has 1 rings (SSSR count). The molecule has 0 radical (unpaired) electrons. The van der Waals surface area contributed by atoms with Gasteiger partial charge in [-0.15, -0.1) is 0 Å². The lowest BCUT2D eigenvalue weighted by atomic mass is 10.3. The van der Waals surface area contributed by atoms with E-state index in [0.717, 1.165) is 0 Å². The maximum atomic E-state index is 11.8. The number of rotatable bonds is 5. The highest BCUT2D eigenvalue weighted by molar-refractivity contribution is 5.96. The summed E-state index contributed by atoms with van der Waals surface area (Å²) in [6, 6.07) is 0. The SMILES string of the molecule is CC(C)OCCN(C)C(=O)c1[nH]ncc1N. The molecule has 0 aromatic carbocycles. The van der Waals surface area contributed by atoms with Crippen LogP contribution in [0.25, 0.3) is 0 Å². The topological polar surface area (TPSA) is 84.2 Å². The van der Waals surface area contributed by atoms with Crippen LogP contribution in [0.3, 0.4) is 0 Å². The van der Waals surface area contributed by atoms with Gasteiger partial charge in [0, 0.05) is 13.6 Å². The molecule has 3 N–H and O–H groups in total. The van der Waals surface area contributed by atoms with Crippen LogP contribution in [0.1, 0.15) is 24.3 Å². The molecule has 1 aromatic rings. The predicted octanol–water partition coefficient (Wildman–Crippen LogP) is 0.489. The second kappa shape index (κ2) is 5.50. The standard InChI is InChI=1S/C10H18N4O2/c1-7(2)16-5-4-14(3)10(15)9-8(11)6-12-13-9/h6-7H,4-5,11H2,1-3H3,(H,12,13). The number of nitrogens with one attached hydrogen (secondary N) is 1. The molecule has 90 valence electrons. The number of amides is 1.